The third-order valence-corrected chi connectivity index (χ3v) is 7.05. The average molecular weight is 418 g/mol. The van der Waals surface area contributed by atoms with Crippen LogP contribution >= 0.6 is 35.6 Å². The topological polar surface area (TPSA) is 23.6 Å². The van der Waals surface area contributed by atoms with E-state index in [2.05, 4.69) is 9.80 Å². The Balaban J connectivity index is 0.00000196. The molecule has 3 fully saturated rings. The van der Waals surface area contributed by atoms with Crippen molar-refractivity contribution in [1.29, 1.82) is 0 Å². The SMILES string of the molecule is Cl.O=C(Cc1ccc(Cl)c(Cl)c1)N1CCCC2CCC(N3CCCC3)C21. The standard InChI is InChI=1S/C20H26Cl2N2O.ClH/c21-16-7-5-14(12-17(16)22)13-19(25)24-11-3-4-15-6-8-18(20(15)24)23-9-1-2-10-23;/h5,7,12,15,18,20H,1-4,6,8-11,13H2;1H. The first-order valence-electron chi connectivity index (χ1n) is 9.61. The maximum Gasteiger partial charge on any atom is 0.227 e. The summed E-state index contributed by atoms with van der Waals surface area (Å²) in [6.45, 7) is 3.33. The molecular formula is C20H27Cl3N2O. The van der Waals surface area contributed by atoms with Gasteiger partial charge in [-0.3, -0.25) is 9.69 Å². The Bertz CT molecular complexity index is 648. The van der Waals surface area contributed by atoms with E-state index in [9.17, 15) is 4.79 Å². The third-order valence-electron chi connectivity index (χ3n) is 6.31. The van der Waals surface area contributed by atoms with Gasteiger partial charge in [0.1, 0.15) is 0 Å². The summed E-state index contributed by atoms with van der Waals surface area (Å²) >= 11 is 12.1. The maximum absolute atomic E-state index is 13.1. The first-order valence-corrected chi connectivity index (χ1v) is 10.4. The van der Waals surface area contributed by atoms with Gasteiger partial charge in [0.15, 0.2) is 0 Å². The number of piperidine rings is 1. The lowest BCUT2D eigenvalue weighted by Gasteiger charge is -2.43. The number of hydrogen-bond donors (Lipinski definition) is 0. The van der Waals surface area contributed by atoms with E-state index < -0.39 is 0 Å². The Hall–Kier alpha value is -0.480. The number of halogens is 3. The van der Waals surface area contributed by atoms with E-state index in [4.69, 9.17) is 23.2 Å². The molecule has 3 unspecified atom stereocenters. The quantitative estimate of drug-likeness (QED) is 0.703. The molecule has 6 heteroatoms. The predicted octanol–water partition coefficient (Wildman–Crippen LogP) is 4.82. The Morgan fingerprint density at radius 3 is 2.50 bits per heavy atom. The molecule has 2 heterocycles. The molecule has 1 aromatic rings. The summed E-state index contributed by atoms with van der Waals surface area (Å²) in [6, 6.07) is 6.53. The van der Waals surface area contributed by atoms with Crippen molar-refractivity contribution >= 4 is 41.5 Å². The summed E-state index contributed by atoms with van der Waals surface area (Å²) in [5.74, 6) is 0.941. The molecule has 2 saturated heterocycles. The lowest BCUT2D eigenvalue weighted by molar-refractivity contribution is -0.136. The Morgan fingerprint density at radius 2 is 1.77 bits per heavy atom. The first kappa shape index (κ1) is 20.3. The highest BCUT2D eigenvalue weighted by molar-refractivity contribution is 6.42. The van der Waals surface area contributed by atoms with Crippen molar-refractivity contribution in [3.63, 3.8) is 0 Å². The predicted molar refractivity (Wildman–Crippen MR) is 109 cm³/mol. The average Bonchev–Trinajstić information content (AvgIpc) is 3.26. The molecule has 0 bridgehead atoms. The van der Waals surface area contributed by atoms with E-state index in [1.807, 2.05) is 12.1 Å². The fraction of sp³-hybridized carbons (Fsp3) is 0.650. The minimum absolute atomic E-state index is 0. The molecular weight excluding hydrogens is 391 g/mol. The number of carbonyl (C=O) groups excluding carboxylic acids is 1. The summed E-state index contributed by atoms with van der Waals surface area (Å²) in [5.41, 5.74) is 0.956. The zero-order chi connectivity index (χ0) is 17.4. The van der Waals surface area contributed by atoms with E-state index >= 15 is 0 Å². The van der Waals surface area contributed by atoms with E-state index in [1.165, 1.54) is 45.2 Å². The summed E-state index contributed by atoms with van der Waals surface area (Å²) in [4.78, 5) is 17.9. The fourth-order valence-corrected chi connectivity index (χ4v) is 5.50. The summed E-state index contributed by atoms with van der Waals surface area (Å²) < 4.78 is 0. The molecule has 0 spiro atoms. The van der Waals surface area contributed by atoms with Crippen LogP contribution in [-0.4, -0.2) is 47.4 Å². The second kappa shape index (κ2) is 8.68. The molecule has 0 N–H and O–H groups in total. The zero-order valence-electron chi connectivity index (χ0n) is 15.0. The molecule has 0 radical (unpaired) electrons. The first-order chi connectivity index (χ1) is 12.1. The lowest BCUT2D eigenvalue weighted by Crippen LogP contribution is -2.55. The molecule has 1 saturated carbocycles. The van der Waals surface area contributed by atoms with E-state index in [-0.39, 0.29) is 18.3 Å². The van der Waals surface area contributed by atoms with Crippen LogP contribution in [0.25, 0.3) is 0 Å². The van der Waals surface area contributed by atoms with Crippen molar-refractivity contribution in [3.05, 3.63) is 33.8 Å². The molecule has 3 nitrogen and oxygen atoms in total. The molecule has 3 aliphatic rings. The van der Waals surface area contributed by atoms with E-state index in [0.29, 0.717) is 34.5 Å². The molecule has 3 atom stereocenters. The van der Waals surface area contributed by atoms with Gasteiger partial charge in [0.25, 0.3) is 0 Å². The second-order valence-electron chi connectivity index (χ2n) is 7.79. The molecule has 144 valence electrons. The lowest BCUT2D eigenvalue weighted by atomic mass is 9.89. The number of benzene rings is 1. The zero-order valence-corrected chi connectivity index (χ0v) is 17.3. The molecule has 4 rings (SSSR count). The highest BCUT2D eigenvalue weighted by Crippen LogP contribution is 2.40. The highest BCUT2D eigenvalue weighted by Gasteiger charge is 2.46. The van der Waals surface area contributed by atoms with Gasteiger partial charge in [0.2, 0.25) is 5.91 Å². The fourth-order valence-electron chi connectivity index (χ4n) is 5.18. The van der Waals surface area contributed by atoms with Crippen molar-refractivity contribution in [2.75, 3.05) is 19.6 Å². The number of likely N-dealkylation sites (tertiary alicyclic amines) is 2. The summed E-state index contributed by atoms with van der Waals surface area (Å²) in [5, 5.41) is 1.07. The summed E-state index contributed by atoms with van der Waals surface area (Å²) in [6.07, 6.45) is 8.00. The Kier molecular flexibility index (Phi) is 6.77. The number of carbonyl (C=O) groups is 1. The van der Waals surface area contributed by atoms with Crippen molar-refractivity contribution in [1.82, 2.24) is 9.80 Å². The van der Waals surface area contributed by atoms with Crippen LogP contribution in [0.2, 0.25) is 10.0 Å². The number of amides is 1. The van der Waals surface area contributed by atoms with Gasteiger partial charge in [-0.2, -0.15) is 0 Å². The minimum Gasteiger partial charge on any atom is -0.338 e. The molecule has 2 aliphatic heterocycles. The van der Waals surface area contributed by atoms with E-state index in [0.717, 1.165) is 18.5 Å². The third kappa shape index (κ3) is 4.01. The van der Waals surface area contributed by atoms with Gasteiger partial charge in [-0.15, -0.1) is 12.4 Å². The Morgan fingerprint density at radius 1 is 1.00 bits per heavy atom. The number of nitrogens with zero attached hydrogens (tertiary/aromatic N) is 2. The minimum atomic E-state index is 0. The van der Waals surface area contributed by atoms with Crippen LogP contribution in [0.1, 0.15) is 44.1 Å². The number of rotatable bonds is 3. The van der Waals surface area contributed by atoms with Crippen molar-refractivity contribution in [2.45, 2.75) is 57.0 Å². The van der Waals surface area contributed by atoms with Gasteiger partial charge < -0.3 is 4.90 Å². The monoisotopic (exact) mass is 416 g/mol. The highest BCUT2D eigenvalue weighted by atomic mass is 35.5. The molecule has 1 aliphatic carbocycles. The normalized spacial score (nSPS) is 28.7. The molecule has 1 aromatic carbocycles. The van der Waals surface area contributed by atoms with Gasteiger partial charge in [-0.05, 0) is 75.2 Å². The largest absolute Gasteiger partial charge is 0.338 e. The van der Waals surface area contributed by atoms with Crippen LogP contribution in [0.5, 0.6) is 0 Å². The molecule has 0 aromatic heterocycles. The van der Waals surface area contributed by atoms with Crippen LogP contribution in [0.15, 0.2) is 18.2 Å². The number of hydrogen-bond acceptors (Lipinski definition) is 2. The van der Waals surface area contributed by atoms with Gasteiger partial charge in [-0.1, -0.05) is 29.3 Å². The number of fused-ring (bicyclic) bond motifs is 1. The smallest absolute Gasteiger partial charge is 0.227 e. The maximum atomic E-state index is 13.1. The summed E-state index contributed by atoms with van der Waals surface area (Å²) in [7, 11) is 0. The van der Waals surface area contributed by atoms with E-state index in [1.54, 1.807) is 6.07 Å². The molecule has 26 heavy (non-hydrogen) atoms. The van der Waals surface area contributed by atoms with Crippen LogP contribution in [-0.2, 0) is 11.2 Å². The van der Waals surface area contributed by atoms with Gasteiger partial charge in [0, 0.05) is 12.6 Å². The second-order valence-corrected chi connectivity index (χ2v) is 8.61. The van der Waals surface area contributed by atoms with Crippen molar-refractivity contribution in [3.8, 4) is 0 Å². The van der Waals surface area contributed by atoms with Crippen molar-refractivity contribution in [2.24, 2.45) is 5.92 Å². The van der Waals surface area contributed by atoms with Crippen LogP contribution in [0.4, 0.5) is 0 Å². The van der Waals surface area contributed by atoms with Gasteiger partial charge >= 0.3 is 0 Å². The van der Waals surface area contributed by atoms with Gasteiger partial charge in [-0.25, -0.2) is 0 Å². The van der Waals surface area contributed by atoms with Crippen molar-refractivity contribution < 1.29 is 4.79 Å². The van der Waals surface area contributed by atoms with Crippen LogP contribution < -0.4 is 0 Å². The van der Waals surface area contributed by atoms with Gasteiger partial charge in [0.05, 0.1) is 22.5 Å². The van der Waals surface area contributed by atoms with Crippen LogP contribution in [0, 0.1) is 5.92 Å². The molecule has 1 amide bonds. The van der Waals surface area contributed by atoms with Crippen LogP contribution in [0.3, 0.4) is 0 Å². The Labute approximate surface area is 172 Å².